The highest BCUT2D eigenvalue weighted by Gasteiger charge is 2.15. The van der Waals surface area contributed by atoms with E-state index in [2.05, 4.69) is 15.6 Å². The highest BCUT2D eigenvalue weighted by atomic mass is 35.5. The Kier molecular flexibility index (Phi) is 5.86. The molecule has 0 spiro atoms. The third kappa shape index (κ3) is 4.44. The van der Waals surface area contributed by atoms with Gasteiger partial charge in [0, 0.05) is 17.4 Å². The van der Waals surface area contributed by atoms with Gasteiger partial charge in [-0.25, -0.2) is 14.2 Å². The third-order valence-corrected chi connectivity index (χ3v) is 4.08. The van der Waals surface area contributed by atoms with E-state index in [9.17, 15) is 14.0 Å². The number of halogens is 2. The van der Waals surface area contributed by atoms with E-state index in [1.165, 1.54) is 43.6 Å². The van der Waals surface area contributed by atoms with Crippen molar-refractivity contribution >= 4 is 40.7 Å². The van der Waals surface area contributed by atoms with Crippen molar-refractivity contribution in [3.05, 3.63) is 82.8 Å². The molecule has 8 heteroatoms. The molecule has 6 nitrogen and oxygen atoms in total. The Morgan fingerprint density at radius 3 is 2.64 bits per heavy atom. The van der Waals surface area contributed by atoms with Gasteiger partial charge in [-0.3, -0.25) is 4.79 Å². The average molecular weight is 400 g/mol. The number of nitrogens with zero attached hydrogens (tertiary/aromatic N) is 1. The molecular weight excluding hydrogens is 385 g/mol. The molecule has 1 amide bonds. The van der Waals surface area contributed by atoms with E-state index >= 15 is 0 Å². The van der Waals surface area contributed by atoms with E-state index in [0.717, 1.165) is 0 Å². The number of hydrogen-bond acceptors (Lipinski definition) is 5. The van der Waals surface area contributed by atoms with Crippen LogP contribution in [0.2, 0.25) is 5.02 Å². The summed E-state index contributed by atoms with van der Waals surface area (Å²) < 4.78 is 18.0. The summed E-state index contributed by atoms with van der Waals surface area (Å²) in [6.45, 7) is 0. The maximum atomic E-state index is 13.3. The monoisotopic (exact) mass is 399 g/mol. The Morgan fingerprint density at radius 1 is 1.11 bits per heavy atom. The molecule has 3 rings (SSSR count). The SMILES string of the molecule is COC(=O)c1ccccc1NC(=O)c1ccnc(Nc2ccc(F)c(Cl)c2)c1. The first-order valence-corrected chi connectivity index (χ1v) is 8.52. The van der Waals surface area contributed by atoms with Crippen LogP contribution >= 0.6 is 11.6 Å². The molecule has 0 aliphatic carbocycles. The zero-order chi connectivity index (χ0) is 20.1. The van der Waals surface area contributed by atoms with Crippen LogP contribution in [0.5, 0.6) is 0 Å². The van der Waals surface area contributed by atoms with Crippen molar-refractivity contribution in [2.45, 2.75) is 0 Å². The normalized spacial score (nSPS) is 10.2. The predicted molar refractivity (Wildman–Crippen MR) is 105 cm³/mol. The van der Waals surface area contributed by atoms with Gasteiger partial charge in [-0.1, -0.05) is 23.7 Å². The van der Waals surface area contributed by atoms with Gasteiger partial charge in [0.05, 0.1) is 23.4 Å². The minimum Gasteiger partial charge on any atom is -0.465 e. The summed E-state index contributed by atoms with van der Waals surface area (Å²) in [4.78, 5) is 28.6. The van der Waals surface area contributed by atoms with Crippen molar-refractivity contribution in [3.8, 4) is 0 Å². The summed E-state index contributed by atoms with van der Waals surface area (Å²) in [6.07, 6.45) is 1.45. The lowest BCUT2D eigenvalue weighted by Crippen LogP contribution is -2.15. The third-order valence-electron chi connectivity index (χ3n) is 3.79. The quantitative estimate of drug-likeness (QED) is 0.610. The van der Waals surface area contributed by atoms with E-state index in [1.807, 2.05) is 0 Å². The molecule has 0 fully saturated rings. The largest absolute Gasteiger partial charge is 0.465 e. The second-order valence-electron chi connectivity index (χ2n) is 5.67. The van der Waals surface area contributed by atoms with Crippen molar-refractivity contribution in [1.82, 2.24) is 4.98 Å². The molecule has 142 valence electrons. The summed E-state index contributed by atoms with van der Waals surface area (Å²) in [6, 6.07) is 13.7. The molecule has 0 bridgehead atoms. The van der Waals surface area contributed by atoms with Gasteiger partial charge in [-0.2, -0.15) is 0 Å². The Hall–Kier alpha value is -3.45. The number of ether oxygens (including phenoxy) is 1. The van der Waals surface area contributed by atoms with Crippen LogP contribution in [0.25, 0.3) is 0 Å². The van der Waals surface area contributed by atoms with Gasteiger partial charge in [-0.05, 0) is 42.5 Å². The molecule has 0 saturated carbocycles. The number of methoxy groups -OCH3 is 1. The van der Waals surface area contributed by atoms with Gasteiger partial charge < -0.3 is 15.4 Å². The maximum Gasteiger partial charge on any atom is 0.339 e. The molecule has 1 heterocycles. The summed E-state index contributed by atoms with van der Waals surface area (Å²) in [5.74, 6) is -1.14. The Bertz CT molecular complexity index is 1040. The zero-order valence-electron chi connectivity index (χ0n) is 14.7. The summed E-state index contributed by atoms with van der Waals surface area (Å²) in [5.41, 5.74) is 1.40. The molecule has 0 aliphatic heterocycles. The van der Waals surface area contributed by atoms with Crippen LogP contribution in [0.1, 0.15) is 20.7 Å². The Labute approximate surface area is 165 Å². The number of carbonyl (C=O) groups excluding carboxylic acids is 2. The van der Waals surface area contributed by atoms with Gasteiger partial charge in [0.15, 0.2) is 0 Å². The summed E-state index contributed by atoms with van der Waals surface area (Å²) >= 11 is 5.77. The van der Waals surface area contributed by atoms with Gasteiger partial charge in [-0.15, -0.1) is 0 Å². The number of rotatable bonds is 5. The Morgan fingerprint density at radius 2 is 1.89 bits per heavy atom. The lowest BCUT2D eigenvalue weighted by Gasteiger charge is -2.11. The molecule has 0 unspecified atom stereocenters. The lowest BCUT2D eigenvalue weighted by molar-refractivity contribution is 0.0602. The summed E-state index contributed by atoms with van der Waals surface area (Å²) in [7, 11) is 1.27. The standard InChI is InChI=1S/C20H15ClFN3O3/c1-28-20(27)14-4-2-3-5-17(14)25-19(26)12-8-9-23-18(10-12)24-13-6-7-16(22)15(21)11-13/h2-11H,1H3,(H,23,24)(H,25,26). The number of nitrogens with one attached hydrogen (secondary N) is 2. The lowest BCUT2D eigenvalue weighted by atomic mass is 10.1. The highest BCUT2D eigenvalue weighted by molar-refractivity contribution is 6.31. The number of pyridine rings is 1. The van der Waals surface area contributed by atoms with Crippen LogP contribution in [0, 0.1) is 5.82 Å². The minimum absolute atomic E-state index is 0.0293. The average Bonchev–Trinajstić information content (AvgIpc) is 2.71. The molecule has 3 aromatic rings. The highest BCUT2D eigenvalue weighted by Crippen LogP contribution is 2.23. The van der Waals surface area contributed by atoms with E-state index in [4.69, 9.17) is 16.3 Å². The number of carbonyl (C=O) groups is 2. The fourth-order valence-corrected chi connectivity index (χ4v) is 2.62. The number of hydrogen-bond donors (Lipinski definition) is 2. The summed E-state index contributed by atoms with van der Waals surface area (Å²) in [5, 5.41) is 5.61. The van der Waals surface area contributed by atoms with E-state index in [-0.39, 0.29) is 10.6 Å². The van der Waals surface area contributed by atoms with Gasteiger partial charge in [0.25, 0.3) is 5.91 Å². The molecule has 0 radical (unpaired) electrons. The van der Waals surface area contributed by atoms with E-state index in [0.29, 0.717) is 22.8 Å². The topological polar surface area (TPSA) is 80.3 Å². The maximum absolute atomic E-state index is 13.3. The van der Waals surface area contributed by atoms with Gasteiger partial charge in [0.2, 0.25) is 0 Å². The smallest absolute Gasteiger partial charge is 0.339 e. The van der Waals surface area contributed by atoms with Crippen LogP contribution in [-0.2, 0) is 4.74 Å². The predicted octanol–water partition coefficient (Wildman–Crippen LogP) is 4.66. The van der Waals surface area contributed by atoms with Crippen molar-refractivity contribution in [2.75, 3.05) is 17.7 Å². The van der Waals surface area contributed by atoms with Crippen LogP contribution in [0.4, 0.5) is 21.6 Å². The van der Waals surface area contributed by atoms with Crippen LogP contribution < -0.4 is 10.6 Å². The fraction of sp³-hybridized carbons (Fsp3) is 0.0500. The first-order chi connectivity index (χ1) is 13.5. The number of anilines is 3. The van der Waals surface area contributed by atoms with Crippen molar-refractivity contribution in [3.63, 3.8) is 0 Å². The van der Waals surface area contributed by atoms with E-state index < -0.39 is 17.7 Å². The van der Waals surface area contributed by atoms with Gasteiger partial charge in [0.1, 0.15) is 11.6 Å². The van der Waals surface area contributed by atoms with Crippen LogP contribution in [-0.4, -0.2) is 24.0 Å². The molecule has 0 saturated heterocycles. The number of esters is 1. The molecule has 28 heavy (non-hydrogen) atoms. The number of aromatic nitrogens is 1. The van der Waals surface area contributed by atoms with Crippen LogP contribution in [0.3, 0.4) is 0 Å². The fourth-order valence-electron chi connectivity index (χ4n) is 2.44. The molecule has 0 aliphatic rings. The molecule has 2 aromatic carbocycles. The van der Waals surface area contributed by atoms with E-state index in [1.54, 1.807) is 24.3 Å². The second-order valence-corrected chi connectivity index (χ2v) is 6.08. The zero-order valence-corrected chi connectivity index (χ0v) is 15.5. The molecule has 2 N–H and O–H groups in total. The van der Waals surface area contributed by atoms with Crippen molar-refractivity contribution < 1.29 is 18.7 Å². The number of benzene rings is 2. The van der Waals surface area contributed by atoms with Crippen molar-refractivity contribution in [2.24, 2.45) is 0 Å². The van der Waals surface area contributed by atoms with Gasteiger partial charge >= 0.3 is 5.97 Å². The molecule has 0 atom stereocenters. The minimum atomic E-state index is -0.554. The Balaban J connectivity index is 1.79. The first kappa shape index (κ1) is 19.3. The first-order valence-electron chi connectivity index (χ1n) is 8.15. The second kappa shape index (κ2) is 8.49. The number of para-hydroxylation sites is 1. The molecular formula is C20H15ClFN3O3. The molecule has 1 aromatic heterocycles. The van der Waals surface area contributed by atoms with Crippen molar-refractivity contribution in [1.29, 1.82) is 0 Å². The van der Waals surface area contributed by atoms with Crippen LogP contribution in [0.15, 0.2) is 60.8 Å². The number of amides is 1.